The highest BCUT2D eigenvalue weighted by atomic mass is 35.5. The molecule has 0 saturated carbocycles. The summed E-state index contributed by atoms with van der Waals surface area (Å²) in [4.78, 5) is 13.3. The van der Waals surface area contributed by atoms with Gasteiger partial charge in [0.15, 0.2) is 6.54 Å². The molecule has 1 saturated heterocycles. The molecule has 1 fully saturated rings. The standard InChI is InChI=1S/C13H16Cl2N2O/c14-10-4-5-11(15)12(8-10)16-13(18)9-17-6-2-1-3-7-17/h4-5,8H,1-3,6-7,9H2,(H,16,18)/p+1. The van der Waals surface area contributed by atoms with Crippen LogP contribution >= 0.6 is 23.2 Å². The number of halogens is 2. The molecule has 5 heteroatoms. The minimum Gasteiger partial charge on any atom is -0.327 e. The number of hydrogen-bond acceptors (Lipinski definition) is 1. The molecule has 98 valence electrons. The van der Waals surface area contributed by atoms with Gasteiger partial charge in [0, 0.05) is 5.02 Å². The molecule has 1 amide bonds. The van der Waals surface area contributed by atoms with Crippen LogP contribution in [0.5, 0.6) is 0 Å². The van der Waals surface area contributed by atoms with Crippen molar-refractivity contribution in [1.29, 1.82) is 0 Å². The van der Waals surface area contributed by atoms with E-state index in [4.69, 9.17) is 23.2 Å². The van der Waals surface area contributed by atoms with E-state index in [1.807, 2.05) is 0 Å². The summed E-state index contributed by atoms with van der Waals surface area (Å²) < 4.78 is 0. The summed E-state index contributed by atoms with van der Waals surface area (Å²) in [5, 5.41) is 3.91. The second-order valence-corrected chi connectivity index (χ2v) is 5.50. The lowest BCUT2D eigenvalue weighted by Crippen LogP contribution is -3.13. The fourth-order valence-corrected chi connectivity index (χ4v) is 2.58. The molecular formula is C13H17Cl2N2O+. The summed E-state index contributed by atoms with van der Waals surface area (Å²) in [7, 11) is 0. The summed E-state index contributed by atoms with van der Waals surface area (Å²) in [5.41, 5.74) is 0.588. The van der Waals surface area contributed by atoms with Crippen molar-refractivity contribution in [3.63, 3.8) is 0 Å². The number of piperidine rings is 1. The van der Waals surface area contributed by atoms with Gasteiger partial charge in [0.05, 0.1) is 23.8 Å². The molecule has 3 nitrogen and oxygen atoms in total. The molecule has 0 spiro atoms. The molecule has 2 rings (SSSR count). The molecule has 2 N–H and O–H groups in total. The van der Waals surface area contributed by atoms with Gasteiger partial charge in [-0.05, 0) is 37.5 Å². The van der Waals surface area contributed by atoms with Gasteiger partial charge in [0.25, 0.3) is 5.91 Å². The Labute approximate surface area is 117 Å². The maximum Gasteiger partial charge on any atom is 0.279 e. The Morgan fingerprint density at radius 1 is 1.22 bits per heavy atom. The zero-order chi connectivity index (χ0) is 13.0. The van der Waals surface area contributed by atoms with E-state index in [0.717, 1.165) is 13.1 Å². The van der Waals surface area contributed by atoms with Gasteiger partial charge >= 0.3 is 0 Å². The molecular weight excluding hydrogens is 271 g/mol. The van der Waals surface area contributed by atoms with Crippen LogP contribution in [0.1, 0.15) is 19.3 Å². The Balaban J connectivity index is 1.92. The van der Waals surface area contributed by atoms with Crippen LogP contribution in [0.3, 0.4) is 0 Å². The molecule has 1 heterocycles. The van der Waals surface area contributed by atoms with E-state index >= 15 is 0 Å². The zero-order valence-electron chi connectivity index (χ0n) is 10.1. The van der Waals surface area contributed by atoms with Gasteiger partial charge in [-0.1, -0.05) is 23.2 Å². The molecule has 18 heavy (non-hydrogen) atoms. The van der Waals surface area contributed by atoms with E-state index in [9.17, 15) is 4.79 Å². The fraction of sp³-hybridized carbons (Fsp3) is 0.462. The maximum atomic E-state index is 11.9. The maximum absolute atomic E-state index is 11.9. The highest BCUT2D eigenvalue weighted by molar-refractivity contribution is 6.35. The number of quaternary nitrogens is 1. The third kappa shape index (κ3) is 3.87. The smallest absolute Gasteiger partial charge is 0.279 e. The normalized spacial score (nSPS) is 16.6. The van der Waals surface area contributed by atoms with Crippen LogP contribution in [-0.4, -0.2) is 25.5 Å². The van der Waals surface area contributed by atoms with Gasteiger partial charge in [-0.3, -0.25) is 4.79 Å². The van der Waals surface area contributed by atoms with Crippen LogP contribution in [0.25, 0.3) is 0 Å². The molecule has 1 aliphatic heterocycles. The average Bonchev–Trinajstić information content (AvgIpc) is 2.35. The second-order valence-electron chi connectivity index (χ2n) is 4.66. The SMILES string of the molecule is O=C(C[NH+]1CCCCC1)Nc1cc(Cl)ccc1Cl. The number of benzene rings is 1. The van der Waals surface area contributed by atoms with Crippen LogP contribution < -0.4 is 10.2 Å². The number of rotatable bonds is 3. The Morgan fingerprint density at radius 3 is 2.67 bits per heavy atom. The summed E-state index contributed by atoms with van der Waals surface area (Å²) in [5.74, 6) is -0.00364. The van der Waals surface area contributed by atoms with E-state index in [-0.39, 0.29) is 5.91 Å². The van der Waals surface area contributed by atoms with Crippen molar-refractivity contribution < 1.29 is 9.69 Å². The van der Waals surface area contributed by atoms with Crippen molar-refractivity contribution in [2.24, 2.45) is 0 Å². The average molecular weight is 288 g/mol. The predicted octanol–water partition coefficient (Wildman–Crippen LogP) is 2.00. The first-order chi connectivity index (χ1) is 8.65. The molecule has 0 radical (unpaired) electrons. The van der Waals surface area contributed by atoms with Gasteiger partial charge in [-0.2, -0.15) is 0 Å². The van der Waals surface area contributed by atoms with Crippen molar-refractivity contribution in [2.75, 3.05) is 25.0 Å². The lowest BCUT2D eigenvalue weighted by atomic mass is 10.1. The molecule has 1 aromatic carbocycles. The van der Waals surface area contributed by atoms with Gasteiger partial charge in [-0.15, -0.1) is 0 Å². The van der Waals surface area contributed by atoms with Crippen LogP contribution in [0, 0.1) is 0 Å². The van der Waals surface area contributed by atoms with Crippen LogP contribution in [-0.2, 0) is 4.79 Å². The summed E-state index contributed by atoms with van der Waals surface area (Å²) in [6.07, 6.45) is 3.70. The predicted molar refractivity (Wildman–Crippen MR) is 74.5 cm³/mol. The number of anilines is 1. The number of likely N-dealkylation sites (tertiary alicyclic amines) is 1. The van der Waals surface area contributed by atoms with Gasteiger partial charge in [0.1, 0.15) is 0 Å². The summed E-state index contributed by atoms with van der Waals surface area (Å²) in [6, 6.07) is 5.07. The monoisotopic (exact) mass is 287 g/mol. The third-order valence-electron chi connectivity index (χ3n) is 3.17. The third-order valence-corrected chi connectivity index (χ3v) is 3.74. The Bertz CT molecular complexity index is 431. The summed E-state index contributed by atoms with van der Waals surface area (Å²) in [6.45, 7) is 2.66. The second kappa shape index (κ2) is 6.41. The van der Waals surface area contributed by atoms with E-state index < -0.39 is 0 Å². The number of carbonyl (C=O) groups is 1. The van der Waals surface area contributed by atoms with E-state index in [1.165, 1.54) is 24.2 Å². The van der Waals surface area contributed by atoms with E-state index in [2.05, 4.69) is 5.32 Å². The van der Waals surface area contributed by atoms with Gasteiger partial charge in [0.2, 0.25) is 0 Å². The van der Waals surface area contributed by atoms with E-state index in [0.29, 0.717) is 22.3 Å². The first-order valence-electron chi connectivity index (χ1n) is 6.23. The molecule has 1 aromatic rings. The van der Waals surface area contributed by atoms with E-state index in [1.54, 1.807) is 18.2 Å². The lowest BCUT2D eigenvalue weighted by molar-refractivity contribution is -0.896. The lowest BCUT2D eigenvalue weighted by Gasteiger charge is -2.22. The topological polar surface area (TPSA) is 33.5 Å². The fourth-order valence-electron chi connectivity index (χ4n) is 2.24. The molecule has 0 aliphatic carbocycles. The summed E-state index contributed by atoms with van der Waals surface area (Å²) >= 11 is 11.9. The zero-order valence-corrected chi connectivity index (χ0v) is 11.7. The number of amides is 1. The van der Waals surface area contributed by atoms with Crippen molar-refractivity contribution >= 4 is 34.8 Å². The number of carbonyl (C=O) groups excluding carboxylic acids is 1. The van der Waals surface area contributed by atoms with Crippen LogP contribution in [0.15, 0.2) is 18.2 Å². The minimum atomic E-state index is -0.00364. The van der Waals surface area contributed by atoms with Crippen LogP contribution in [0.2, 0.25) is 10.0 Å². The highest BCUT2D eigenvalue weighted by Gasteiger charge is 2.17. The number of hydrogen-bond donors (Lipinski definition) is 2. The first kappa shape index (κ1) is 13.7. The van der Waals surface area contributed by atoms with Gasteiger partial charge < -0.3 is 10.2 Å². The van der Waals surface area contributed by atoms with Gasteiger partial charge in [-0.25, -0.2) is 0 Å². The highest BCUT2D eigenvalue weighted by Crippen LogP contribution is 2.25. The largest absolute Gasteiger partial charge is 0.327 e. The molecule has 0 unspecified atom stereocenters. The van der Waals surface area contributed by atoms with Crippen molar-refractivity contribution in [1.82, 2.24) is 0 Å². The van der Waals surface area contributed by atoms with Crippen molar-refractivity contribution in [2.45, 2.75) is 19.3 Å². The Morgan fingerprint density at radius 2 is 1.94 bits per heavy atom. The molecule has 0 aromatic heterocycles. The minimum absolute atomic E-state index is 0.00364. The first-order valence-corrected chi connectivity index (χ1v) is 6.99. The van der Waals surface area contributed by atoms with Crippen molar-refractivity contribution in [3.05, 3.63) is 28.2 Å². The molecule has 1 aliphatic rings. The Hall–Kier alpha value is -0.770. The molecule has 0 bridgehead atoms. The molecule has 0 atom stereocenters. The van der Waals surface area contributed by atoms with Crippen LogP contribution in [0.4, 0.5) is 5.69 Å². The Kier molecular flexibility index (Phi) is 4.87. The number of nitrogens with one attached hydrogen (secondary N) is 2. The quantitative estimate of drug-likeness (QED) is 0.876. The van der Waals surface area contributed by atoms with Crippen molar-refractivity contribution in [3.8, 4) is 0 Å².